The Balaban J connectivity index is 1.91. The molecule has 110 valence electrons. The van der Waals surface area contributed by atoms with Gasteiger partial charge in [-0.05, 0) is 47.2 Å². The molecule has 0 aliphatic carbocycles. The Labute approximate surface area is 134 Å². The summed E-state index contributed by atoms with van der Waals surface area (Å²) in [5, 5.41) is 3.16. The van der Waals surface area contributed by atoms with E-state index in [0.717, 1.165) is 27.2 Å². The molecule has 2 heterocycles. The Morgan fingerprint density at radius 2 is 1.77 bits per heavy atom. The van der Waals surface area contributed by atoms with Gasteiger partial charge in [0.05, 0.1) is 0 Å². The van der Waals surface area contributed by atoms with Gasteiger partial charge in [0.15, 0.2) is 0 Å². The van der Waals surface area contributed by atoms with Crippen molar-refractivity contribution in [1.82, 2.24) is 9.97 Å². The molecule has 0 aliphatic heterocycles. The Morgan fingerprint density at radius 3 is 2.59 bits per heavy atom. The van der Waals surface area contributed by atoms with Gasteiger partial charge in [-0.25, -0.2) is 0 Å². The first-order chi connectivity index (χ1) is 10.6. The van der Waals surface area contributed by atoms with Crippen LogP contribution in [0.4, 0.5) is 0 Å². The summed E-state index contributed by atoms with van der Waals surface area (Å²) in [6.45, 7) is 4.37. The summed E-state index contributed by atoms with van der Waals surface area (Å²) in [4.78, 5) is 6.75. The van der Waals surface area contributed by atoms with Gasteiger partial charge in [-0.2, -0.15) is 0 Å². The average Bonchev–Trinajstić information content (AvgIpc) is 3.11. The molecule has 0 bridgehead atoms. The molecule has 22 heavy (non-hydrogen) atoms. The highest BCUT2D eigenvalue weighted by Gasteiger charge is 2.10. The molecule has 4 aromatic rings. The summed E-state index contributed by atoms with van der Waals surface area (Å²) in [6.07, 6.45) is 1.96. The molecule has 0 amide bonds. The van der Waals surface area contributed by atoms with Crippen molar-refractivity contribution in [2.45, 2.75) is 19.8 Å². The number of rotatable bonds is 2. The van der Waals surface area contributed by atoms with Gasteiger partial charge < -0.3 is 9.97 Å². The number of halogens is 1. The van der Waals surface area contributed by atoms with Crippen molar-refractivity contribution in [3.8, 4) is 11.1 Å². The molecular formula is C19H17ClN2. The molecule has 3 heteroatoms. The van der Waals surface area contributed by atoms with Crippen LogP contribution in [0.3, 0.4) is 0 Å². The SMILES string of the molecule is CC(C)c1cc2cc(Cl)c(-c3ccc4cc[nH]c4c3)cc2[nH]1. The molecule has 0 fully saturated rings. The van der Waals surface area contributed by atoms with Crippen molar-refractivity contribution in [2.24, 2.45) is 0 Å². The smallest absolute Gasteiger partial charge is 0.0491 e. The highest BCUT2D eigenvalue weighted by Crippen LogP contribution is 2.34. The van der Waals surface area contributed by atoms with Crippen LogP contribution in [0.25, 0.3) is 32.9 Å². The number of fused-ring (bicyclic) bond motifs is 2. The number of hydrogen-bond acceptors (Lipinski definition) is 0. The van der Waals surface area contributed by atoms with Crippen LogP contribution < -0.4 is 0 Å². The third kappa shape index (κ3) is 2.11. The van der Waals surface area contributed by atoms with E-state index in [1.54, 1.807) is 0 Å². The first-order valence-electron chi connectivity index (χ1n) is 7.51. The number of hydrogen-bond donors (Lipinski definition) is 2. The molecule has 0 spiro atoms. The van der Waals surface area contributed by atoms with E-state index in [0.29, 0.717) is 5.92 Å². The number of nitrogens with one attached hydrogen (secondary N) is 2. The Morgan fingerprint density at radius 1 is 0.909 bits per heavy atom. The van der Waals surface area contributed by atoms with E-state index in [-0.39, 0.29) is 0 Å². The van der Waals surface area contributed by atoms with Gasteiger partial charge in [0.1, 0.15) is 0 Å². The second-order valence-electron chi connectivity index (χ2n) is 6.08. The molecule has 0 unspecified atom stereocenters. The van der Waals surface area contributed by atoms with Crippen molar-refractivity contribution < 1.29 is 0 Å². The highest BCUT2D eigenvalue weighted by molar-refractivity contribution is 6.34. The summed E-state index contributed by atoms with van der Waals surface area (Å²) in [7, 11) is 0. The lowest BCUT2D eigenvalue weighted by atomic mass is 10.0. The van der Waals surface area contributed by atoms with Crippen molar-refractivity contribution in [3.63, 3.8) is 0 Å². The van der Waals surface area contributed by atoms with Gasteiger partial charge >= 0.3 is 0 Å². The fraction of sp³-hybridized carbons (Fsp3) is 0.158. The lowest BCUT2D eigenvalue weighted by Gasteiger charge is -2.06. The van der Waals surface area contributed by atoms with Gasteiger partial charge in [0, 0.05) is 38.9 Å². The largest absolute Gasteiger partial charge is 0.361 e. The fourth-order valence-electron chi connectivity index (χ4n) is 2.92. The maximum absolute atomic E-state index is 6.53. The monoisotopic (exact) mass is 308 g/mol. The lowest BCUT2D eigenvalue weighted by molar-refractivity contribution is 0.836. The Hall–Kier alpha value is -2.19. The quantitative estimate of drug-likeness (QED) is 0.449. The number of benzene rings is 2. The predicted octanol–water partition coefficient (Wildman–Crippen LogP) is 6.09. The van der Waals surface area contributed by atoms with Crippen LogP contribution in [0.15, 0.2) is 48.7 Å². The maximum Gasteiger partial charge on any atom is 0.0491 e. The molecule has 0 aliphatic rings. The van der Waals surface area contributed by atoms with Crippen LogP contribution >= 0.6 is 11.6 Å². The van der Waals surface area contributed by atoms with Gasteiger partial charge in [-0.1, -0.05) is 37.6 Å². The minimum absolute atomic E-state index is 0.477. The minimum Gasteiger partial charge on any atom is -0.361 e. The van der Waals surface area contributed by atoms with E-state index in [1.807, 2.05) is 12.3 Å². The molecule has 2 nitrogen and oxygen atoms in total. The van der Waals surface area contributed by atoms with Crippen LogP contribution in [0.5, 0.6) is 0 Å². The van der Waals surface area contributed by atoms with Crippen LogP contribution in [-0.4, -0.2) is 9.97 Å². The topological polar surface area (TPSA) is 31.6 Å². The van der Waals surface area contributed by atoms with Crippen LogP contribution in [-0.2, 0) is 0 Å². The molecule has 0 atom stereocenters. The summed E-state index contributed by atoms with van der Waals surface area (Å²) >= 11 is 6.53. The maximum atomic E-state index is 6.53. The lowest BCUT2D eigenvalue weighted by Crippen LogP contribution is -1.85. The zero-order valence-corrected chi connectivity index (χ0v) is 13.3. The summed E-state index contributed by atoms with van der Waals surface area (Å²) in [5.74, 6) is 0.477. The molecule has 0 radical (unpaired) electrons. The second kappa shape index (κ2) is 4.92. The first-order valence-corrected chi connectivity index (χ1v) is 7.89. The average molecular weight is 309 g/mol. The van der Waals surface area contributed by atoms with Gasteiger partial charge in [-0.15, -0.1) is 0 Å². The Bertz CT molecular complexity index is 976. The zero-order valence-electron chi connectivity index (χ0n) is 12.6. The van der Waals surface area contributed by atoms with Crippen LogP contribution in [0, 0.1) is 0 Å². The minimum atomic E-state index is 0.477. The van der Waals surface area contributed by atoms with Crippen molar-refractivity contribution in [2.75, 3.05) is 0 Å². The van der Waals surface area contributed by atoms with Crippen LogP contribution in [0.1, 0.15) is 25.5 Å². The van der Waals surface area contributed by atoms with Gasteiger partial charge in [0.2, 0.25) is 0 Å². The van der Waals surface area contributed by atoms with Crippen molar-refractivity contribution in [3.05, 3.63) is 59.4 Å². The van der Waals surface area contributed by atoms with E-state index < -0.39 is 0 Å². The molecule has 2 aromatic carbocycles. The summed E-state index contributed by atoms with van der Waals surface area (Å²) < 4.78 is 0. The third-order valence-electron chi connectivity index (χ3n) is 4.22. The Kier molecular flexibility index (Phi) is 3.02. The standard InChI is InChI=1S/C19H17ClN2/c1-11(2)17-9-14-7-16(20)15(10-19(14)22-17)13-4-3-12-5-6-21-18(12)8-13/h3-11,21-22H,1-2H3. The first kappa shape index (κ1) is 13.5. The molecule has 2 N–H and O–H groups in total. The summed E-state index contributed by atoms with van der Waals surface area (Å²) in [6, 6.07) is 14.8. The molecule has 4 rings (SSSR count). The van der Waals surface area contributed by atoms with Crippen molar-refractivity contribution in [1.29, 1.82) is 0 Å². The van der Waals surface area contributed by atoms with Crippen LogP contribution in [0.2, 0.25) is 5.02 Å². The highest BCUT2D eigenvalue weighted by atomic mass is 35.5. The number of aromatic amines is 2. The van der Waals surface area contributed by atoms with Gasteiger partial charge in [-0.3, -0.25) is 0 Å². The molecule has 0 saturated carbocycles. The second-order valence-corrected chi connectivity index (χ2v) is 6.49. The molecule has 2 aromatic heterocycles. The number of H-pyrrole nitrogens is 2. The van der Waals surface area contributed by atoms with Gasteiger partial charge in [0.25, 0.3) is 0 Å². The summed E-state index contributed by atoms with van der Waals surface area (Å²) in [5.41, 5.74) is 5.69. The zero-order chi connectivity index (χ0) is 15.3. The normalized spacial score (nSPS) is 11.8. The van der Waals surface area contributed by atoms with E-state index >= 15 is 0 Å². The van der Waals surface area contributed by atoms with E-state index in [2.05, 4.69) is 60.2 Å². The predicted molar refractivity (Wildman–Crippen MR) is 94.7 cm³/mol. The van der Waals surface area contributed by atoms with E-state index in [1.165, 1.54) is 16.5 Å². The molecular weight excluding hydrogens is 292 g/mol. The van der Waals surface area contributed by atoms with E-state index in [4.69, 9.17) is 11.6 Å². The van der Waals surface area contributed by atoms with E-state index in [9.17, 15) is 0 Å². The van der Waals surface area contributed by atoms with Crippen molar-refractivity contribution >= 4 is 33.4 Å². The number of aromatic nitrogens is 2. The fourth-order valence-corrected chi connectivity index (χ4v) is 3.20. The molecule has 0 saturated heterocycles. The third-order valence-corrected chi connectivity index (χ3v) is 4.53.